The summed E-state index contributed by atoms with van der Waals surface area (Å²) in [5, 5.41) is 11.1. The van der Waals surface area contributed by atoms with E-state index in [4.69, 9.17) is 32.4 Å². The molecule has 0 radical (unpaired) electrons. The quantitative estimate of drug-likeness (QED) is 0.383. The van der Waals surface area contributed by atoms with Gasteiger partial charge in [0.2, 0.25) is 0 Å². The van der Waals surface area contributed by atoms with Gasteiger partial charge in [0, 0.05) is 0 Å². The summed E-state index contributed by atoms with van der Waals surface area (Å²) in [5.74, 6) is 1.12. The van der Waals surface area contributed by atoms with E-state index in [2.05, 4.69) is 16.8 Å². The second kappa shape index (κ2) is 6.83. The first kappa shape index (κ1) is 16.6. The number of nitrogens with zero attached hydrogens (tertiary/aromatic N) is 2. The molecule has 0 aliphatic carbocycles. The van der Waals surface area contributed by atoms with Crippen molar-refractivity contribution in [2.45, 2.75) is 0 Å². The highest BCUT2D eigenvalue weighted by molar-refractivity contribution is 6.38. The van der Waals surface area contributed by atoms with E-state index in [-0.39, 0.29) is 5.89 Å². The molecule has 4 nitrogen and oxygen atoms in total. The molecular formula is C20H12Cl2N2O2. The summed E-state index contributed by atoms with van der Waals surface area (Å²) in [7, 11) is 0. The van der Waals surface area contributed by atoms with Crippen LogP contribution in [0.5, 0.6) is 5.75 Å². The number of halogens is 2. The van der Waals surface area contributed by atoms with E-state index in [1.165, 1.54) is 6.26 Å². The van der Waals surface area contributed by atoms with E-state index in [1.54, 1.807) is 18.2 Å². The van der Waals surface area contributed by atoms with Crippen LogP contribution in [-0.2, 0) is 0 Å². The number of hydrogen-bond acceptors (Lipinski definition) is 4. The fraction of sp³-hybridized carbons (Fsp3) is 0. The van der Waals surface area contributed by atoms with Crippen LogP contribution < -0.4 is 4.74 Å². The van der Waals surface area contributed by atoms with Gasteiger partial charge in [-0.05, 0) is 29.0 Å². The first-order chi connectivity index (χ1) is 12.7. The molecule has 128 valence electrons. The fourth-order valence-electron chi connectivity index (χ4n) is 2.79. The highest BCUT2D eigenvalue weighted by atomic mass is 35.5. The number of fused-ring (bicyclic) bond motifs is 1. The minimum Gasteiger partial charge on any atom is -0.465 e. The second-order valence-corrected chi connectivity index (χ2v) is 6.27. The molecule has 4 rings (SSSR count). The van der Waals surface area contributed by atoms with Gasteiger partial charge in [0.05, 0.1) is 27.4 Å². The molecule has 0 saturated carbocycles. The topological polar surface area (TPSA) is 48.2 Å². The van der Waals surface area contributed by atoms with E-state index >= 15 is 0 Å². The van der Waals surface area contributed by atoms with Gasteiger partial charge in [0.15, 0.2) is 0 Å². The predicted octanol–water partition coefficient (Wildman–Crippen LogP) is 6.39. The van der Waals surface area contributed by atoms with E-state index in [9.17, 15) is 0 Å². The van der Waals surface area contributed by atoms with Crippen LogP contribution >= 0.6 is 23.2 Å². The molecule has 0 saturated heterocycles. The zero-order valence-electron chi connectivity index (χ0n) is 13.4. The fourth-order valence-corrected chi connectivity index (χ4v) is 3.35. The minimum atomic E-state index is 0.244. The highest BCUT2D eigenvalue weighted by Crippen LogP contribution is 2.39. The van der Waals surface area contributed by atoms with E-state index in [1.807, 2.05) is 36.4 Å². The van der Waals surface area contributed by atoms with Gasteiger partial charge in [0.25, 0.3) is 11.8 Å². The lowest BCUT2D eigenvalue weighted by Crippen LogP contribution is -1.89. The van der Waals surface area contributed by atoms with Crippen LogP contribution in [0, 0.1) is 0 Å². The van der Waals surface area contributed by atoms with Gasteiger partial charge in [-0.2, -0.15) is 0 Å². The van der Waals surface area contributed by atoms with E-state index in [0.29, 0.717) is 32.8 Å². The average molecular weight is 383 g/mol. The summed E-state index contributed by atoms with van der Waals surface area (Å²) in [6, 6.07) is 16.9. The van der Waals surface area contributed by atoms with E-state index in [0.717, 1.165) is 10.8 Å². The van der Waals surface area contributed by atoms with Gasteiger partial charge in [0.1, 0.15) is 5.75 Å². The monoisotopic (exact) mass is 382 g/mol. The molecule has 4 aromatic rings. The third-order valence-electron chi connectivity index (χ3n) is 3.92. The predicted molar refractivity (Wildman–Crippen MR) is 104 cm³/mol. The lowest BCUT2D eigenvalue weighted by atomic mass is 10.0. The van der Waals surface area contributed by atoms with E-state index < -0.39 is 0 Å². The van der Waals surface area contributed by atoms with Crippen molar-refractivity contribution in [3.63, 3.8) is 0 Å². The molecule has 0 aliphatic heterocycles. The van der Waals surface area contributed by atoms with Crippen molar-refractivity contribution in [1.82, 2.24) is 10.2 Å². The number of aromatic nitrogens is 2. The molecule has 0 bridgehead atoms. The third-order valence-corrected chi connectivity index (χ3v) is 4.55. The Hall–Kier alpha value is -2.82. The number of benzene rings is 3. The van der Waals surface area contributed by atoms with Crippen LogP contribution in [0.15, 0.2) is 71.9 Å². The third kappa shape index (κ3) is 2.83. The molecule has 0 atom stereocenters. The zero-order valence-corrected chi connectivity index (χ0v) is 15.0. The zero-order chi connectivity index (χ0) is 18.1. The lowest BCUT2D eigenvalue weighted by molar-refractivity contribution is 0.482. The second-order valence-electron chi connectivity index (χ2n) is 5.45. The van der Waals surface area contributed by atoms with Crippen molar-refractivity contribution in [3.8, 4) is 28.7 Å². The van der Waals surface area contributed by atoms with Crippen molar-refractivity contribution < 1.29 is 9.15 Å². The Labute approximate surface area is 159 Å². The summed E-state index contributed by atoms with van der Waals surface area (Å²) < 4.78 is 11.5. The molecule has 0 amide bonds. The molecule has 1 heterocycles. The van der Waals surface area contributed by atoms with Crippen LogP contribution in [0.3, 0.4) is 0 Å². The van der Waals surface area contributed by atoms with Gasteiger partial charge < -0.3 is 9.15 Å². The Bertz CT molecular complexity index is 1100. The van der Waals surface area contributed by atoms with Crippen LogP contribution in [0.2, 0.25) is 10.0 Å². The van der Waals surface area contributed by atoms with Gasteiger partial charge in [-0.3, -0.25) is 0 Å². The highest BCUT2D eigenvalue weighted by Gasteiger charge is 2.20. The summed E-state index contributed by atoms with van der Waals surface area (Å²) in [4.78, 5) is 0. The first-order valence-electron chi connectivity index (χ1n) is 7.76. The maximum absolute atomic E-state index is 6.25. The number of ether oxygens (including phenoxy) is 1. The Morgan fingerprint density at radius 1 is 0.846 bits per heavy atom. The number of rotatable bonds is 4. The summed E-state index contributed by atoms with van der Waals surface area (Å²) in [6.45, 7) is 3.62. The van der Waals surface area contributed by atoms with Crippen molar-refractivity contribution in [1.29, 1.82) is 0 Å². The summed E-state index contributed by atoms with van der Waals surface area (Å²) in [5.41, 5.74) is 1.19. The molecule has 6 heteroatoms. The molecule has 0 spiro atoms. The molecule has 26 heavy (non-hydrogen) atoms. The first-order valence-corrected chi connectivity index (χ1v) is 8.52. The van der Waals surface area contributed by atoms with Crippen molar-refractivity contribution in [2.75, 3.05) is 0 Å². The molecule has 0 aliphatic rings. The normalized spacial score (nSPS) is 10.8. The smallest absolute Gasteiger partial charge is 0.252 e. The largest absolute Gasteiger partial charge is 0.465 e. The van der Waals surface area contributed by atoms with Crippen LogP contribution in [-0.4, -0.2) is 10.2 Å². The molecular weight excluding hydrogens is 371 g/mol. The Morgan fingerprint density at radius 3 is 2.27 bits per heavy atom. The Morgan fingerprint density at radius 2 is 1.54 bits per heavy atom. The van der Waals surface area contributed by atoms with Crippen LogP contribution in [0.4, 0.5) is 0 Å². The Balaban J connectivity index is 1.93. The van der Waals surface area contributed by atoms with Gasteiger partial charge in [-0.1, -0.05) is 66.2 Å². The van der Waals surface area contributed by atoms with Gasteiger partial charge >= 0.3 is 0 Å². The summed E-state index contributed by atoms with van der Waals surface area (Å²) in [6.07, 6.45) is 1.36. The average Bonchev–Trinajstić information content (AvgIpc) is 3.11. The summed E-state index contributed by atoms with van der Waals surface area (Å²) >= 11 is 12.5. The number of hydrogen-bond donors (Lipinski definition) is 0. The SMILES string of the molecule is C=COc1ccc2ccccc2c1-c1nnc(-c2c(Cl)cccc2Cl)o1. The maximum Gasteiger partial charge on any atom is 0.252 e. The maximum atomic E-state index is 6.25. The molecule has 3 aromatic carbocycles. The minimum absolute atomic E-state index is 0.244. The Kier molecular flexibility index (Phi) is 4.37. The standard InChI is InChI=1S/C20H12Cl2N2O2/c1-2-25-16-11-10-12-6-3-4-7-13(12)17(16)19-23-24-20(26-19)18-14(21)8-5-9-15(18)22/h2-11H,1H2. The van der Waals surface area contributed by atoms with Crippen molar-refractivity contribution >= 4 is 34.0 Å². The van der Waals surface area contributed by atoms with Crippen molar-refractivity contribution in [2.24, 2.45) is 0 Å². The van der Waals surface area contributed by atoms with Crippen molar-refractivity contribution in [3.05, 3.63) is 77.5 Å². The molecule has 0 N–H and O–H groups in total. The lowest BCUT2D eigenvalue weighted by Gasteiger charge is -2.09. The van der Waals surface area contributed by atoms with Gasteiger partial charge in [-0.15, -0.1) is 10.2 Å². The molecule has 0 fully saturated rings. The van der Waals surface area contributed by atoms with Crippen LogP contribution in [0.1, 0.15) is 0 Å². The van der Waals surface area contributed by atoms with Gasteiger partial charge in [-0.25, -0.2) is 0 Å². The molecule has 1 aromatic heterocycles. The van der Waals surface area contributed by atoms with Crippen LogP contribution in [0.25, 0.3) is 33.7 Å². The molecule has 0 unspecified atom stereocenters.